The van der Waals surface area contributed by atoms with Gasteiger partial charge >= 0.3 is 8.41 Å². The van der Waals surface area contributed by atoms with Gasteiger partial charge in [0.2, 0.25) is 0 Å². The summed E-state index contributed by atoms with van der Waals surface area (Å²) in [5.74, 6) is 3.31. The van der Waals surface area contributed by atoms with E-state index in [0.717, 1.165) is 0 Å². The van der Waals surface area contributed by atoms with Crippen molar-refractivity contribution in [2.75, 3.05) is 0 Å². The van der Waals surface area contributed by atoms with E-state index in [0.29, 0.717) is 6.42 Å². The van der Waals surface area contributed by atoms with Crippen LogP contribution in [0.15, 0.2) is 61.2 Å². The predicted molar refractivity (Wildman–Crippen MR) is 93.8 cm³/mol. The van der Waals surface area contributed by atoms with Crippen molar-refractivity contribution in [3.05, 3.63) is 72.3 Å². The molecule has 22 heavy (non-hydrogen) atoms. The van der Waals surface area contributed by atoms with Crippen LogP contribution in [0.3, 0.4) is 0 Å². The Morgan fingerprint density at radius 3 is 2.00 bits per heavy atom. The number of benzene rings is 2. The molecule has 0 radical (unpaired) electrons. The molecule has 0 aliphatic heterocycles. The lowest BCUT2D eigenvalue weighted by Crippen LogP contribution is -2.25. The summed E-state index contributed by atoms with van der Waals surface area (Å²) in [6.45, 7) is 7.18. The minimum atomic E-state index is -2.94. The molecule has 0 N–H and O–H groups in total. The zero-order valence-corrected chi connectivity index (χ0v) is 14.0. The molecule has 1 aliphatic carbocycles. The van der Waals surface area contributed by atoms with Crippen LogP contribution in [-0.4, -0.2) is 8.41 Å². The highest BCUT2D eigenvalue weighted by Crippen LogP contribution is 2.50. The third-order valence-electron chi connectivity index (χ3n) is 4.09. The largest absolute Gasteiger partial charge is 0.316 e. The van der Waals surface area contributed by atoms with Crippen molar-refractivity contribution in [1.82, 2.24) is 0 Å². The van der Waals surface area contributed by atoms with E-state index in [1.54, 1.807) is 13.1 Å². The van der Waals surface area contributed by atoms with Crippen LogP contribution in [-0.2, 0) is 5.41 Å². The molecule has 2 aromatic rings. The van der Waals surface area contributed by atoms with Gasteiger partial charge in [-0.05, 0) is 41.8 Å². The summed E-state index contributed by atoms with van der Waals surface area (Å²) in [5, 5.41) is 0. The van der Waals surface area contributed by atoms with Crippen LogP contribution in [0.1, 0.15) is 17.5 Å². The molecule has 3 rings (SSSR count). The first kappa shape index (κ1) is 14.8. The Morgan fingerprint density at radius 2 is 1.55 bits per heavy atom. The quantitative estimate of drug-likeness (QED) is 0.308. The average Bonchev–Trinajstić information content (AvgIpc) is 2.77. The van der Waals surface area contributed by atoms with Crippen molar-refractivity contribution >= 4 is 8.41 Å². The lowest BCUT2D eigenvalue weighted by Gasteiger charge is -2.25. The minimum Gasteiger partial charge on any atom is -0.298 e. The monoisotopic (exact) mass is 306 g/mol. The van der Waals surface area contributed by atoms with Crippen molar-refractivity contribution in [3.8, 4) is 22.6 Å². The summed E-state index contributed by atoms with van der Waals surface area (Å²) in [7, 11) is -2.94. The Balaban J connectivity index is 2.33. The van der Waals surface area contributed by atoms with Gasteiger partial charge in [-0.1, -0.05) is 66.1 Å². The van der Waals surface area contributed by atoms with Crippen LogP contribution in [0.25, 0.3) is 11.1 Å². The molecular weight excluding hydrogens is 287 g/mol. The second kappa shape index (κ2) is 5.26. The summed E-state index contributed by atoms with van der Waals surface area (Å²) >= 11 is 0. The van der Waals surface area contributed by atoms with E-state index in [1.807, 2.05) is 30.3 Å². The van der Waals surface area contributed by atoms with Gasteiger partial charge in [0.15, 0.2) is 0 Å². The van der Waals surface area contributed by atoms with Crippen LogP contribution < -0.4 is 0 Å². The maximum absolute atomic E-state index is 14.1. The third kappa shape index (κ3) is 2.32. The van der Waals surface area contributed by atoms with Crippen molar-refractivity contribution in [3.63, 3.8) is 0 Å². The topological polar surface area (TPSA) is 0 Å². The zero-order chi connectivity index (χ0) is 15.8. The number of fused-ring (bicyclic) bond motifs is 3. The molecule has 0 unspecified atom stereocenters. The summed E-state index contributed by atoms with van der Waals surface area (Å²) in [4.78, 5) is 0. The lowest BCUT2D eigenvalue weighted by atomic mass is 9.76. The highest BCUT2D eigenvalue weighted by Gasteiger charge is 2.41. The van der Waals surface area contributed by atoms with Gasteiger partial charge in [0.1, 0.15) is 0 Å². The lowest BCUT2D eigenvalue weighted by molar-refractivity contribution is 0.700. The fourth-order valence-corrected chi connectivity index (χ4v) is 3.71. The number of halogens is 1. The van der Waals surface area contributed by atoms with E-state index in [2.05, 4.69) is 42.3 Å². The van der Waals surface area contributed by atoms with Crippen LogP contribution in [0.2, 0.25) is 13.1 Å². The van der Waals surface area contributed by atoms with Gasteiger partial charge < -0.3 is 0 Å². The molecule has 0 bridgehead atoms. The molecule has 0 saturated heterocycles. The van der Waals surface area contributed by atoms with Crippen molar-refractivity contribution < 1.29 is 4.11 Å². The van der Waals surface area contributed by atoms with Crippen LogP contribution >= 0.6 is 0 Å². The molecule has 0 heterocycles. The van der Waals surface area contributed by atoms with Gasteiger partial charge in [-0.25, -0.2) is 0 Å². The van der Waals surface area contributed by atoms with Crippen molar-refractivity contribution in [2.24, 2.45) is 0 Å². The Kier molecular flexibility index (Phi) is 3.54. The number of allylic oxidation sites excluding steroid dienone is 1. The fourth-order valence-electron chi connectivity index (χ4n) is 3.20. The number of rotatable bonds is 2. The van der Waals surface area contributed by atoms with Gasteiger partial charge in [0.05, 0.1) is 5.41 Å². The SMILES string of the molecule is C=CCC1(C#C[Si](C)(C)F)c2ccccc2-c2ccccc21. The number of hydrogen-bond donors (Lipinski definition) is 0. The minimum absolute atomic E-state index is 0.467. The smallest absolute Gasteiger partial charge is 0.298 e. The number of hydrogen-bond acceptors (Lipinski definition) is 0. The van der Waals surface area contributed by atoms with Gasteiger partial charge in [0.25, 0.3) is 0 Å². The maximum Gasteiger partial charge on any atom is 0.316 e. The molecule has 0 spiro atoms. The second-order valence-corrected chi connectivity index (χ2v) is 9.41. The molecule has 0 aromatic heterocycles. The summed E-state index contributed by atoms with van der Waals surface area (Å²) in [6.07, 6.45) is 2.58. The fraction of sp³-hybridized carbons (Fsp3) is 0.200. The van der Waals surface area contributed by atoms with E-state index in [1.165, 1.54) is 22.3 Å². The predicted octanol–water partition coefficient (Wildman–Crippen LogP) is 5.25. The standard InChI is InChI=1S/C20H19FSi/c1-4-13-20(14-15-22(2,3)21)18-11-7-5-9-16(18)17-10-6-8-12-19(17)20/h4-12H,1,13H2,2-3H3. The van der Waals surface area contributed by atoms with Crippen LogP contribution in [0.4, 0.5) is 4.11 Å². The first-order chi connectivity index (χ1) is 10.5. The molecule has 110 valence electrons. The Bertz CT molecular complexity index is 742. The Morgan fingerprint density at radius 1 is 1.05 bits per heavy atom. The third-order valence-corrected chi connectivity index (χ3v) is 4.81. The molecule has 0 fully saturated rings. The summed E-state index contributed by atoms with van der Waals surface area (Å²) in [5.41, 5.74) is 7.22. The molecule has 0 atom stereocenters. The molecule has 1 aliphatic rings. The van der Waals surface area contributed by atoms with E-state index in [4.69, 9.17) is 0 Å². The van der Waals surface area contributed by atoms with Gasteiger partial charge in [-0.3, -0.25) is 4.11 Å². The first-order valence-corrected chi connectivity index (χ1v) is 10.4. The average molecular weight is 306 g/mol. The van der Waals surface area contributed by atoms with E-state index >= 15 is 0 Å². The van der Waals surface area contributed by atoms with E-state index < -0.39 is 13.8 Å². The maximum atomic E-state index is 14.1. The van der Waals surface area contributed by atoms with Gasteiger partial charge in [0, 0.05) is 0 Å². The van der Waals surface area contributed by atoms with Crippen molar-refractivity contribution in [1.29, 1.82) is 0 Å². The van der Waals surface area contributed by atoms with E-state index in [-0.39, 0.29) is 0 Å². The molecule has 0 nitrogen and oxygen atoms in total. The highest BCUT2D eigenvalue weighted by molar-refractivity contribution is 6.78. The summed E-state index contributed by atoms with van der Waals surface area (Å²) in [6, 6.07) is 16.6. The molecule has 2 heteroatoms. The van der Waals surface area contributed by atoms with Crippen LogP contribution in [0.5, 0.6) is 0 Å². The molecule has 0 saturated carbocycles. The second-order valence-electron chi connectivity index (χ2n) is 6.21. The molecule has 2 aromatic carbocycles. The normalized spacial score (nSPS) is 14.5. The summed E-state index contributed by atoms with van der Waals surface area (Å²) < 4.78 is 14.1. The molecule has 0 amide bonds. The van der Waals surface area contributed by atoms with Gasteiger partial charge in [-0.15, -0.1) is 6.58 Å². The van der Waals surface area contributed by atoms with Crippen LogP contribution in [0, 0.1) is 11.5 Å². The first-order valence-electron chi connectivity index (χ1n) is 7.51. The van der Waals surface area contributed by atoms with E-state index in [9.17, 15) is 4.11 Å². The Hall–Kier alpha value is -2.11. The zero-order valence-electron chi connectivity index (χ0n) is 13.0. The van der Waals surface area contributed by atoms with Crippen molar-refractivity contribution in [2.45, 2.75) is 24.9 Å². The molecular formula is C20H19FSi. The Labute approximate surface area is 132 Å². The highest BCUT2D eigenvalue weighted by atomic mass is 28.4. The van der Waals surface area contributed by atoms with Gasteiger partial charge in [-0.2, -0.15) is 0 Å².